The van der Waals surface area contributed by atoms with Crippen molar-refractivity contribution in [1.82, 2.24) is 4.98 Å². The molecule has 0 radical (unpaired) electrons. The van der Waals surface area contributed by atoms with Crippen LogP contribution in [0.15, 0.2) is 18.2 Å². The van der Waals surface area contributed by atoms with Crippen LogP contribution in [0.2, 0.25) is 0 Å². The molecule has 0 saturated heterocycles. The smallest absolute Gasteiger partial charge is 0.319 e. The number of hydrogen-bond donors (Lipinski definition) is 0. The van der Waals surface area contributed by atoms with Gasteiger partial charge in [0.25, 0.3) is 0 Å². The van der Waals surface area contributed by atoms with Crippen molar-refractivity contribution in [2.24, 2.45) is 0 Å². The van der Waals surface area contributed by atoms with E-state index in [2.05, 4.69) is 4.98 Å². The second-order valence-electron chi connectivity index (χ2n) is 4.79. The van der Waals surface area contributed by atoms with Crippen LogP contribution in [0.1, 0.15) is 31.2 Å². The average Bonchev–Trinajstić information content (AvgIpc) is 2.70. The molecule has 1 aromatic carbocycles. The number of hydrogen-bond acceptors (Lipinski definition) is 4. The van der Waals surface area contributed by atoms with Crippen molar-refractivity contribution in [3.8, 4) is 0 Å². The van der Waals surface area contributed by atoms with Crippen molar-refractivity contribution in [2.45, 2.75) is 31.6 Å². The van der Waals surface area contributed by atoms with Crippen LogP contribution in [0.5, 0.6) is 0 Å². The zero-order valence-corrected chi connectivity index (χ0v) is 11.4. The lowest BCUT2D eigenvalue weighted by Crippen LogP contribution is -2.43. The first-order chi connectivity index (χ1) is 9.15. The van der Waals surface area contributed by atoms with Crippen molar-refractivity contribution in [3.63, 3.8) is 0 Å². The molecule has 0 atom stereocenters. The third-order valence-corrected chi connectivity index (χ3v) is 4.87. The molecule has 1 fully saturated rings. The fraction of sp³-hybridized carbons (Fsp3) is 0.429. The molecule has 0 spiro atoms. The molecule has 1 aliphatic carbocycles. The Kier molecular flexibility index (Phi) is 3.01. The van der Waals surface area contributed by atoms with E-state index in [1.165, 1.54) is 23.5 Å². The normalized spacial score (nSPS) is 17.2. The summed E-state index contributed by atoms with van der Waals surface area (Å²) >= 11 is 1.46. The van der Waals surface area contributed by atoms with E-state index in [1.807, 2.05) is 0 Å². The summed E-state index contributed by atoms with van der Waals surface area (Å²) in [5.74, 6) is -0.496. The maximum Gasteiger partial charge on any atom is 0.319 e. The van der Waals surface area contributed by atoms with Gasteiger partial charge in [-0.1, -0.05) is 6.42 Å². The van der Waals surface area contributed by atoms with Gasteiger partial charge in [-0.3, -0.25) is 4.79 Å². The Labute approximate surface area is 114 Å². The summed E-state index contributed by atoms with van der Waals surface area (Å²) in [4.78, 5) is 16.6. The highest BCUT2D eigenvalue weighted by Gasteiger charge is 2.49. The minimum absolute atomic E-state index is 0.194. The summed E-state index contributed by atoms with van der Waals surface area (Å²) in [6.45, 7) is 2.18. The maximum absolute atomic E-state index is 13.2. The number of halogens is 1. The second-order valence-corrected chi connectivity index (χ2v) is 5.82. The standard InChI is InChI=1S/C14H14FNO2S/c1-2-18-13(17)14(6-3-7-14)12-16-10-8-9(15)4-5-11(10)19-12/h4-5,8H,2-3,6-7H2,1H3. The Morgan fingerprint density at radius 3 is 2.95 bits per heavy atom. The van der Waals surface area contributed by atoms with Crippen LogP contribution in [0.4, 0.5) is 4.39 Å². The van der Waals surface area contributed by atoms with Crippen LogP contribution < -0.4 is 0 Å². The number of aromatic nitrogens is 1. The molecule has 3 nitrogen and oxygen atoms in total. The van der Waals surface area contributed by atoms with E-state index in [-0.39, 0.29) is 11.8 Å². The lowest BCUT2D eigenvalue weighted by atomic mass is 9.69. The number of benzene rings is 1. The van der Waals surface area contributed by atoms with Gasteiger partial charge in [-0.2, -0.15) is 0 Å². The number of ether oxygens (including phenoxy) is 1. The molecule has 0 N–H and O–H groups in total. The highest BCUT2D eigenvalue weighted by Crippen LogP contribution is 2.47. The first-order valence-corrected chi connectivity index (χ1v) is 7.21. The highest BCUT2D eigenvalue weighted by molar-refractivity contribution is 7.18. The Morgan fingerprint density at radius 2 is 2.32 bits per heavy atom. The van der Waals surface area contributed by atoms with E-state index in [4.69, 9.17) is 4.74 Å². The summed E-state index contributed by atoms with van der Waals surface area (Å²) < 4.78 is 19.3. The number of carbonyl (C=O) groups is 1. The third-order valence-electron chi connectivity index (χ3n) is 3.63. The molecule has 19 heavy (non-hydrogen) atoms. The minimum Gasteiger partial charge on any atom is -0.465 e. The summed E-state index contributed by atoms with van der Waals surface area (Å²) in [6.07, 6.45) is 2.55. The number of thiazole rings is 1. The Morgan fingerprint density at radius 1 is 1.53 bits per heavy atom. The van der Waals surface area contributed by atoms with Crippen LogP contribution in [0, 0.1) is 5.82 Å². The molecule has 1 saturated carbocycles. The van der Waals surface area contributed by atoms with Gasteiger partial charge in [0.15, 0.2) is 0 Å². The Balaban J connectivity index is 2.04. The van der Waals surface area contributed by atoms with Gasteiger partial charge in [0, 0.05) is 6.07 Å². The Bertz CT molecular complexity index is 633. The van der Waals surface area contributed by atoms with Crippen LogP contribution in [0.25, 0.3) is 10.2 Å². The van der Waals surface area contributed by atoms with Crippen molar-refractivity contribution >= 4 is 27.5 Å². The molecule has 5 heteroatoms. The van der Waals surface area contributed by atoms with Gasteiger partial charge < -0.3 is 4.74 Å². The summed E-state index contributed by atoms with van der Waals surface area (Å²) in [7, 11) is 0. The van der Waals surface area contributed by atoms with Crippen molar-refractivity contribution < 1.29 is 13.9 Å². The lowest BCUT2D eigenvalue weighted by Gasteiger charge is -2.37. The predicted molar refractivity (Wildman–Crippen MR) is 71.7 cm³/mol. The van der Waals surface area contributed by atoms with Gasteiger partial charge in [0.05, 0.1) is 16.8 Å². The SMILES string of the molecule is CCOC(=O)C1(c2nc3cc(F)ccc3s2)CCC1. The minimum atomic E-state index is -0.587. The summed E-state index contributed by atoms with van der Waals surface area (Å²) in [5, 5.41) is 0.762. The highest BCUT2D eigenvalue weighted by atomic mass is 32.1. The van der Waals surface area contributed by atoms with Gasteiger partial charge in [-0.25, -0.2) is 9.37 Å². The summed E-state index contributed by atoms with van der Waals surface area (Å²) in [6, 6.07) is 4.54. The van der Waals surface area contributed by atoms with E-state index in [1.54, 1.807) is 13.0 Å². The fourth-order valence-electron chi connectivity index (χ4n) is 2.41. The fourth-order valence-corrected chi connectivity index (χ4v) is 3.59. The van der Waals surface area contributed by atoms with Gasteiger partial charge in [-0.15, -0.1) is 11.3 Å². The summed E-state index contributed by atoms with van der Waals surface area (Å²) in [5.41, 5.74) is 0.0338. The van der Waals surface area contributed by atoms with E-state index in [0.29, 0.717) is 12.1 Å². The topological polar surface area (TPSA) is 39.2 Å². The molecule has 0 amide bonds. The largest absolute Gasteiger partial charge is 0.465 e. The average molecular weight is 279 g/mol. The lowest BCUT2D eigenvalue weighted by molar-refractivity contribution is -0.153. The van der Waals surface area contributed by atoms with E-state index < -0.39 is 5.41 Å². The van der Waals surface area contributed by atoms with Crippen LogP contribution in [-0.2, 0) is 14.9 Å². The zero-order chi connectivity index (χ0) is 13.5. The van der Waals surface area contributed by atoms with Crippen LogP contribution >= 0.6 is 11.3 Å². The van der Waals surface area contributed by atoms with E-state index in [0.717, 1.165) is 29.0 Å². The zero-order valence-electron chi connectivity index (χ0n) is 10.6. The quantitative estimate of drug-likeness (QED) is 0.808. The van der Waals surface area contributed by atoms with E-state index >= 15 is 0 Å². The van der Waals surface area contributed by atoms with E-state index in [9.17, 15) is 9.18 Å². The molecule has 0 bridgehead atoms. The van der Waals surface area contributed by atoms with Gasteiger partial charge in [0.1, 0.15) is 16.2 Å². The molecule has 3 rings (SSSR count). The monoisotopic (exact) mass is 279 g/mol. The van der Waals surface area contributed by atoms with Crippen molar-refractivity contribution in [3.05, 3.63) is 29.0 Å². The van der Waals surface area contributed by atoms with Crippen molar-refractivity contribution in [1.29, 1.82) is 0 Å². The molecule has 0 aliphatic heterocycles. The molecule has 0 unspecified atom stereocenters. The van der Waals surface area contributed by atoms with Crippen LogP contribution in [0.3, 0.4) is 0 Å². The van der Waals surface area contributed by atoms with Gasteiger partial charge in [-0.05, 0) is 31.9 Å². The molecular weight excluding hydrogens is 265 g/mol. The first-order valence-electron chi connectivity index (χ1n) is 6.39. The molecule has 2 aromatic rings. The predicted octanol–water partition coefficient (Wildman–Crippen LogP) is 3.42. The van der Waals surface area contributed by atoms with Crippen LogP contribution in [-0.4, -0.2) is 17.6 Å². The first kappa shape index (κ1) is 12.5. The third kappa shape index (κ3) is 1.92. The Hall–Kier alpha value is -1.49. The number of esters is 1. The number of fused-ring (bicyclic) bond motifs is 1. The van der Waals surface area contributed by atoms with Crippen molar-refractivity contribution in [2.75, 3.05) is 6.61 Å². The second kappa shape index (κ2) is 4.56. The van der Waals surface area contributed by atoms with Gasteiger partial charge >= 0.3 is 5.97 Å². The molecule has 1 aromatic heterocycles. The van der Waals surface area contributed by atoms with Gasteiger partial charge in [0.2, 0.25) is 0 Å². The molecule has 1 heterocycles. The number of rotatable bonds is 3. The maximum atomic E-state index is 13.2. The molecular formula is C14H14FNO2S. The molecule has 1 aliphatic rings. The number of carbonyl (C=O) groups excluding carboxylic acids is 1. The molecule has 100 valence electrons. The number of nitrogens with zero attached hydrogens (tertiary/aromatic N) is 1.